The Labute approximate surface area is 487 Å². The number of anilines is 6. The number of aryl methyl sites for hydroxylation is 2. The Balaban J connectivity index is 0.854. The van der Waals surface area contributed by atoms with Crippen molar-refractivity contribution in [3.05, 3.63) is 153 Å². The summed E-state index contributed by atoms with van der Waals surface area (Å²) < 4.78 is 24.0. The second kappa shape index (κ2) is 28.1. The third kappa shape index (κ3) is 15.4. The van der Waals surface area contributed by atoms with Crippen molar-refractivity contribution in [1.29, 1.82) is 10.5 Å². The van der Waals surface area contributed by atoms with Crippen LogP contribution in [0, 0.1) is 36.5 Å². The summed E-state index contributed by atoms with van der Waals surface area (Å²) in [5, 5.41) is 34.9. The highest BCUT2D eigenvalue weighted by molar-refractivity contribution is 6.32. The molecule has 0 aliphatic rings. The van der Waals surface area contributed by atoms with Crippen molar-refractivity contribution in [3.63, 3.8) is 0 Å². The van der Waals surface area contributed by atoms with Crippen molar-refractivity contribution in [2.24, 2.45) is 0 Å². The molecule has 0 spiro atoms. The molecule has 8 rings (SSSR count). The zero-order valence-electron chi connectivity index (χ0n) is 46.9. The van der Waals surface area contributed by atoms with Gasteiger partial charge in [0.2, 0.25) is 11.8 Å². The lowest BCUT2D eigenvalue weighted by molar-refractivity contribution is -0.117. The number of halogens is 2. The molecular formula is C62H64Cl2N12O6. The number of amides is 2. The highest BCUT2D eigenvalue weighted by Gasteiger charge is 2.20. The van der Waals surface area contributed by atoms with Crippen molar-refractivity contribution in [1.82, 2.24) is 29.7 Å². The number of hydrogen-bond donors (Lipinski definition) is 4. The Hall–Kier alpha value is -8.78. The molecule has 4 heterocycles. The van der Waals surface area contributed by atoms with Gasteiger partial charge in [-0.25, -0.2) is 0 Å². The van der Waals surface area contributed by atoms with Gasteiger partial charge in [0.1, 0.15) is 48.4 Å². The number of nitriles is 2. The van der Waals surface area contributed by atoms with Crippen molar-refractivity contribution in [2.75, 3.05) is 68.7 Å². The normalized spacial score (nSPS) is 11.1. The summed E-state index contributed by atoms with van der Waals surface area (Å²) in [6, 6.07) is 27.9. The molecule has 0 radical (unpaired) electrons. The lowest BCUT2D eigenvalue weighted by Gasteiger charge is -2.19. The van der Waals surface area contributed by atoms with Crippen LogP contribution in [0.15, 0.2) is 104 Å². The maximum Gasteiger partial charge on any atom is 0.224 e. The Morgan fingerprint density at radius 2 is 1.15 bits per heavy atom. The van der Waals surface area contributed by atoms with Crippen LogP contribution in [0.25, 0.3) is 21.8 Å². The number of ether oxygens (including phenoxy) is 4. The lowest BCUT2D eigenvalue weighted by atomic mass is 10.1. The molecule has 4 aromatic carbocycles. The van der Waals surface area contributed by atoms with Gasteiger partial charge < -0.3 is 50.0 Å². The first-order valence-corrected chi connectivity index (χ1v) is 27.5. The third-order valence-electron chi connectivity index (χ3n) is 13.3. The number of aromatic nitrogens is 4. The predicted molar refractivity (Wildman–Crippen MR) is 322 cm³/mol. The largest absolute Gasteiger partial charge is 0.492 e. The number of fused-ring (bicyclic) bond motifs is 2. The monoisotopic (exact) mass is 1140 g/mol. The summed E-state index contributed by atoms with van der Waals surface area (Å²) >= 11 is 13.5. The number of benzene rings is 4. The van der Waals surface area contributed by atoms with Crippen molar-refractivity contribution < 1.29 is 28.5 Å². The molecule has 82 heavy (non-hydrogen) atoms. The van der Waals surface area contributed by atoms with E-state index >= 15 is 0 Å². The molecule has 4 aromatic heterocycles. The zero-order valence-corrected chi connectivity index (χ0v) is 48.4. The number of carbonyl (C=O) groups excluding carboxylic acids is 2. The number of rotatable bonds is 26. The molecule has 0 aliphatic heterocycles. The Kier molecular flexibility index (Phi) is 20.3. The molecule has 0 aliphatic carbocycles. The van der Waals surface area contributed by atoms with Crippen LogP contribution in [0.4, 0.5) is 34.1 Å². The molecule has 20 heteroatoms. The van der Waals surface area contributed by atoms with Crippen LogP contribution in [0.5, 0.6) is 23.0 Å². The van der Waals surface area contributed by atoms with Gasteiger partial charge in [-0.05, 0) is 152 Å². The first-order valence-electron chi connectivity index (χ1n) is 26.8. The van der Waals surface area contributed by atoms with E-state index in [0.29, 0.717) is 151 Å². The molecule has 2 amide bonds. The van der Waals surface area contributed by atoms with E-state index in [0.717, 1.165) is 28.9 Å². The molecule has 422 valence electrons. The molecule has 18 nitrogen and oxygen atoms in total. The zero-order chi connectivity index (χ0) is 58.3. The minimum Gasteiger partial charge on any atom is -0.492 e. The van der Waals surface area contributed by atoms with E-state index < -0.39 is 0 Å². The molecule has 0 saturated carbocycles. The van der Waals surface area contributed by atoms with Crippen molar-refractivity contribution in [3.8, 4) is 35.1 Å². The van der Waals surface area contributed by atoms with Gasteiger partial charge >= 0.3 is 0 Å². The minimum absolute atomic E-state index is 0.145. The fourth-order valence-electron chi connectivity index (χ4n) is 9.02. The Morgan fingerprint density at radius 1 is 0.610 bits per heavy atom. The standard InChI is InChI=1S/C62H64Cl2N12O6/c1-8-79-57-28-50-46(26-52(57)73-59(77)14-11-21-75(5)6)61(40(30-65)32-69-50)71-43-16-18-55(48(63)24-43)81-36-45-23-39(4)42(34-68-45)35-76(7)22-12-15-60(78)74-53-27-47-51(29-58(53)80-9-2)70-33-41(31-66)62(47)72-44-17-19-56(49(64)25-44)82-37-54-38(3)13-10-20-67-54/h10,13,16-20,23-29,32-34H,8-9,11-12,14-15,21-22,35-37H2,1-7H3,(H,69,71)(H,70,72)(H,73,77)(H,74,78). The molecule has 8 aromatic rings. The maximum absolute atomic E-state index is 13.5. The summed E-state index contributed by atoms with van der Waals surface area (Å²) in [4.78, 5) is 48.8. The maximum atomic E-state index is 13.5. The predicted octanol–water partition coefficient (Wildman–Crippen LogP) is 12.8. The summed E-state index contributed by atoms with van der Waals surface area (Å²) in [5.41, 5.74) is 9.48. The van der Waals surface area contributed by atoms with Crippen molar-refractivity contribution >= 4 is 90.9 Å². The molecule has 0 bridgehead atoms. The van der Waals surface area contributed by atoms with E-state index in [2.05, 4.69) is 53.3 Å². The van der Waals surface area contributed by atoms with Gasteiger partial charge in [0.15, 0.2) is 0 Å². The van der Waals surface area contributed by atoms with Crippen LogP contribution in [0.1, 0.15) is 78.7 Å². The van der Waals surface area contributed by atoms with E-state index in [1.807, 2.05) is 84.2 Å². The fourth-order valence-corrected chi connectivity index (χ4v) is 9.49. The van der Waals surface area contributed by atoms with Crippen LogP contribution < -0.4 is 40.2 Å². The van der Waals surface area contributed by atoms with E-state index in [1.165, 1.54) is 12.4 Å². The SMILES string of the molecule is CCOc1cc2ncc(C#N)c(Nc3ccc(OCc4cc(C)c(CN(C)CCCC(=O)Nc5cc6c(Nc7ccc(OCc8ncccc8C)c(Cl)c7)c(C#N)cnc6cc5OCC)cn4)c(Cl)c3)c2cc1NC(=O)CCCN(C)C. The average molecular weight is 1140 g/mol. The quantitative estimate of drug-likeness (QED) is 0.0395. The molecular weight excluding hydrogens is 1080 g/mol. The highest BCUT2D eigenvalue weighted by Crippen LogP contribution is 2.40. The van der Waals surface area contributed by atoms with E-state index in [-0.39, 0.29) is 31.4 Å². The van der Waals surface area contributed by atoms with Crippen LogP contribution in [-0.2, 0) is 29.3 Å². The van der Waals surface area contributed by atoms with Crippen LogP contribution >= 0.6 is 23.2 Å². The fraction of sp³-hybridized carbons (Fsp3) is 0.290. The first-order chi connectivity index (χ1) is 39.6. The van der Waals surface area contributed by atoms with E-state index in [1.54, 1.807) is 60.8 Å². The number of nitrogens with one attached hydrogen (secondary N) is 4. The van der Waals surface area contributed by atoms with Gasteiger partial charge in [0, 0.05) is 78.5 Å². The molecule has 0 fully saturated rings. The number of nitrogens with zero attached hydrogens (tertiary/aromatic N) is 8. The topological polar surface area (TPSA) is 225 Å². The minimum atomic E-state index is -0.195. The van der Waals surface area contributed by atoms with E-state index in [4.69, 9.17) is 47.1 Å². The van der Waals surface area contributed by atoms with Crippen LogP contribution in [0.3, 0.4) is 0 Å². The van der Waals surface area contributed by atoms with Gasteiger partial charge in [-0.2, -0.15) is 10.5 Å². The number of pyridine rings is 4. The average Bonchev–Trinajstić information content (AvgIpc) is 2.92. The summed E-state index contributed by atoms with van der Waals surface area (Å²) in [5.74, 6) is 1.53. The lowest BCUT2D eigenvalue weighted by Crippen LogP contribution is -2.22. The van der Waals surface area contributed by atoms with Gasteiger partial charge in [-0.1, -0.05) is 29.3 Å². The smallest absolute Gasteiger partial charge is 0.224 e. The highest BCUT2D eigenvalue weighted by atomic mass is 35.5. The van der Waals surface area contributed by atoms with E-state index in [9.17, 15) is 20.1 Å². The van der Waals surface area contributed by atoms with Crippen molar-refractivity contribution in [2.45, 2.75) is 73.1 Å². The summed E-state index contributed by atoms with van der Waals surface area (Å²) in [6.45, 7) is 10.9. The van der Waals surface area contributed by atoms with Gasteiger partial charge in [-0.15, -0.1) is 0 Å². The number of carbonyl (C=O) groups is 2. The van der Waals surface area contributed by atoms with Gasteiger partial charge in [-0.3, -0.25) is 29.5 Å². The summed E-state index contributed by atoms with van der Waals surface area (Å²) in [7, 11) is 5.93. The second-order valence-electron chi connectivity index (χ2n) is 19.7. The Bertz CT molecular complexity index is 3720. The third-order valence-corrected chi connectivity index (χ3v) is 13.8. The Morgan fingerprint density at radius 3 is 1.63 bits per heavy atom. The van der Waals surface area contributed by atoms with Crippen LogP contribution in [0.2, 0.25) is 10.0 Å². The molecule has 0 atom stereocenters. The second-order valence-corrected chi connectivity index (χ2v) is 20.6. The first kappa shape index (κ1) is 59.3. The number of hydrogen-bond acceptors (Lipinski definition) is 16. The van der Waals surface area contributed by atoms with Gasteiger partial charge in [0.25, 0.3) is 0 Å². The molecule has 0 saturated heterocycles. The summed E-state index contributed by atoms with van der Waals surface area (Å²) in [6.07, 6.45) is 8.40. The van der Waals surface area contributed by atoms with Gasteiger partial charge in [0.05, 0.1) is 79.6 Å². The van der Waals surface area contributed by atoms with Crippen LogP contribution in [-0.4, -0.2) is 89.0 Å². The molecule has 0 unspecified atom stereocenters. The molecule has 4 N–H and O–H groups in total.